The van der Waals surface area contributed by atoms with Crippen molar-refractivity contribution in [2.45, 2.75) is 13.3 Å². The molecule has 0 saturated heterocycles. The fraction of sp³-hybridized carbons (Fsp3) is 0.286. The van der Waals surface area contributed by atoms with Gasteiger partial charge in [0, 0.05) is 6.54 Å². The summed E-state index contributed by atoms with van der Waals surface area (Å²) in [6, 6.07) is 12.7. The zero-order chi connectivity index (χ0) is 21.1. The van der Waals surface area contributed by atoms with E-state index in [2.05, 4.69) is 15.8 Å². The van der Waals surface area contributed by atoms with Crippen LogP contribution in [0.4, 0.5) is 0 Å². The van der Waals surface area contributed by atoms with Gasteiger partial charge in [-0.1, -0.05) is 6.07 Å². The minimum atomic E-state index is -0.834. The average molecular weight is 399 g/mol. The molecule has 0 spiro atoms. The highest BCUT2D eigenvalue weighted by molar-refractivity contribution is 6.35. The topological polar surface area (TPSA) is 98.2 Å². The Kier molecular flexibility index (Phi) is 8.50. The van der Waals surface area contributed by atoms with Crippen LogP contribution in [0.2, 0.25) is 0 Å². The second kappa shape index (κ2) is 11.3. The lowest BCUT2D eigenvalue weighted by atomic mass is 10.1. The Morgan fingerprint density at radius 2 is 1.72 bits per heavy atom. The predicted octanol–water partition coefficient (Wildman–Crippen LogP) is 1.91. The van der Waals surface area contributed by atoms with Crippen molar-refractivity contribution in [3.05, 3.63) is 53.6 Å². The fourth-order valence-corrected chi connectivity index (χ4v) is 2.47. The Hall–Kier alpha value is -3.55. The summed E-state index contributed by atoms with van der Waals surface area (Å²) in [7, 11) is 3.12. The van der Waals surface area contributed by atoms with Gasteiger partial charge in [0.25, 0.3) is 0 Å². The van der Waals surface area contributed by atoms with Crippen LogP contribution in [-0.2, 0) is 16.0 Å². The summed E-state index contributed by atoms with van der Waals surface area (Å²) in [4.78, 5) is 23.7. The molecular weight excluding hydrogens is 374 g/mol. The normalized spacial score (nSPS) is 10.4. The van der Waals surface area contributed by atoms with E-state index in [4.69, 9.17) is 14.2 Å². The van der Waals surface area contributed by atoms with Gasteiger partial charge in [0.05, 0.1) is 27.0 Å². The number of methoxy groups -OCH3 is 2. The van der Waals surface area contributed by atoms with Crippen molar-refractivity contribution in [1.29, 1.82) is 0 Å². The largest absolute Gasteiger partial charge is 0.494 e. The monoisotopic (exact) mass is 399 g/mol. The zero-order valence-corrected chi connectivity index (χ0v) is 16.7. The van der Waals surface area contributed by atoms with Crippen molar-refractivity contribution < 1.29 is 23.8 Å². The van der Waals surface area contributed by atoms with Gasteiger partial charge in [-0.15, -0.1) is 0 Å². The lowest BCUT2D eigenvalue weighted by molar-refractivity contribution is -0.139. The quantitative estimate of drug-likeness (QED) is 0.381. The van der Waals surface area contributed by atoms with E-state index < -0.39 is 11.8 Å². The first-order valence-electron chi connectivity index (χ1n) is 9.12. The average Bonchev–Trinajstić information content (AvgIpc) is 2.74. The molecule has 0 aliphatic carbocycles. The van der Waals surface area contributed by atoms with E-state index in [9.17, 15) is 9.59 Å². The maximum Gasteiger partial charge on any atom is 0.329 e. The SMILES string of the molecule is CCOc1ccc(/C=N\NC(=O)C(=O)NCCc2ccc(OC)c(OC)c2)cc1. The van der Waals surface area contributed by atoms with Crippen molar-refractivity contribution in [3.8, 4) is 17.2 Å². The molecule has 2 rings (SSSR count). The zero-order valence-electron chi connectivity index (χ0n) is 16.7. The van der Waals surface area contributed by atoms with Gasteiger partial charge in [0.2, 0.25) is 0 Å². The van der Waals surface area contributed by atoms with Crippen LogP contribution in [0.3, 0.4) is 0 Å². The van der Waals surface area contributed by atoms with E-state index in [1.54, 1.807) is 44.6 Å². The van der Waals surface area contributed by atoms with Crippen LogP contribution >= 0.6 is 0 Å². The highest BCUT2D eigenvalue weighted by atomic mass is 16.5. The molecular formula is C21H25N3O5. The minimum Gasteiger partial charge on any atom is -0.494 e. The summed E-state index contributed by atoms with van der Waals surface area (Å²) in [6.07, 6.45) is 1.99. The summed E-state index contributed by atoms with van der Waals surface area (Å²) in [5.41, 5.74) is 3.91. The molecule has 0 atom stereocenters. The smallest absolute Gasteiger partial charge is 0.329 e. The molecule has 0 bridgehead atoms. The molecule has 0 aliphatic heterocycles. The van der Waals surface area contributed by atoms with Crippen molar-refractivity contribution >= 4 is 18.0 Å². The van der Waals surface area contributed by atoms with Crippen LogP contribution in [0, 0.1) is 0 Å². The molecule has 0 radical (unpaired) electrons. The molecule has 29 heavy (non-hydrogen) atoms. The number of hydrogen-bond donors (Lipinski definition) is 2. The number of rotatable bonds is 9. The van der Waals surface area contributed by atoms with E-state index >= 15 is 0 Å². The van der Waals surface area contributed by atoms with Crippen LogP contribution in [0.1, 0.15) is 18.1 Å². The van der Waals surface area contributed by atoms with Crippen LogP contribution < -0.4 is 25.0 Å². The molecule has 2 N–H and O–H groups in total. The van der Waals surface area contributed by atoms with Gasteiger partial charge in [-0.05, 0) is 60.9 Å². The first-order chi connectivity index (χ1) is 14.1. The highest BCUT2D eigenvalue weighted by Crippen LogP contribution is 2.27. The third-order valence-electron chi connectivity index (χ3n) is 3.92. The Morgan fingerprint density at radius 1 is 1.00 bits per heavy atom. The molecule has 8 nitrogen and oxygen atoms in total. The third kappa shape index (κ3) is 6.84. The summed E-state index contributed by atoms with van der Waals surface area (Å²) in [6.45, 7) is 2.79. The number of ether oxygens (including phenoxy) is 3. The third-order valence-corrected chi connectivity index (χ3v) is 3.92. The van der Waals surface area contributed by atoms with E-state index in [1.165, 1.54) is 6.21 Å². The van der Waals surface area contributed by atoms with Crippen molar-refractivity contribution in [1.82, 2.24) is 10.7 Å². The molecule has 0 fully saturated rings. The Labute approximate surface area is 169 Å². The molecule has 0 aliphatic rings. The second-order valence-electron chi connectivity index (χ2n) is 5.90. The molecule has 0 saturated carbocycles. The fourth-order valence-electron chi connectivity index (χ4n) is 2.47. The number of hydrazone groups is 1. The lowest BCUT2D eigenvalue weighted by Gasteiger charge is -2.10. The van der Waals surface area contributed by atoms with Crippen LogP contribution in [0.25, 0.3) is 0 Å². The summed E-state index contributed by atoms with van der Waals surface area (Å²) < 4.78 is 15.8. The summed E-state index contributed by atoms with van der Waals surface area (Å²) >= 11 is 0. The van der Waals surface area contributed by atoms with Crippen LogP contribution in [0.15, 0.2) is 47.6 Å². The number of hydrogen-bond acceptors (Lipinski definition) is 6. The molecule has 0 heterocycles. The second-order valence-corrected chi connectivity index (χ2v) is 5.90. The number of amides is 2. The van der Waals surface area contributed by atoms with Crippen molar-refractivity contribution in [3.63, 3.8) is 0 Å². The molecule has 0 unspecified atom stereocenters. The number of carbonyl (C=O) groups excluding carboxylic acids is 2. The van der Waals surface area contributed by atoms with Gasteiger partial charge in [-0.3, -0.25) is 9.59 Å². The molecule has 154 valence electrons. The van der Waals surface area contributed by atoms with Gasteiger partial charge >= 0.3 is 11.8 Å². The van der Waals surface area contributed by atoms with Gasteiger partial charge in [-0.2, -0.15) is 5.10 Å². The molecule has 2 amide bonds. The highest BCUT2D eigenvalue weighted by Gasteiger charge is 2.12. The maximum absolute atomic E-state index is 11.9. The van der Waals surface area contributed by atoms with Crippen molar-refractivity contribution in [2.24, 2.45) is 5.10 Å². The summed E-state index contributed by atoms with van der Waals surface area (Å²) in [5.74, 6) is 0.402. The number of carbonyl (C=O) groups is 2. The first-order valence-corrected chi connectivity index (χ1v) is 9.12. The van der Waals surface area contributed by atoms with Crippen molar-refractivity contribution in [2.75, 3.05) is 27.4 Å². The number of nitrogens with zero attached hydrogens (tertiary/aromatic N) is 1. The predicted molar refractivity (Wildman–Crippen MR) is 110 cm³/mol. The van der Waals surface area contributed by atoms with E-state index in [1.807, 2.05) is 19.1 Å². The maximum atomic E-state index is 11.9. The van der Waals surface area contributed by atoms with Crippen LogP contribution in [0.5, 0.6) is 17.2 Å². The molecule has 8 heteroatoms. The molecule has 0 aromatic heterocycles. The van der Waals surface area contributed by atoms with Gasteiger partial charge in [0.1, 0.15) is 5.75 Å². The van der Waals surface area contributed by atoms with Gasteiger partial charge < -0.3 is 19.5 Å². The molecule has 2 aromatic rings. The minimum absolute atomic E-state index is 0.296. The standard InChI is InChI=1S/C21H25N3O5/c1-4-29-17-8-5-16(6-9-17)14-23-24-21(26)20(25)22-12-11-15-7-10-18(27-2)19(13-15)28-3/h5-10,13-14H,4,11-12H2,1-3H3,(H,22,25)(H,24,26)/b23-14-. The lowest BCUT2D eigenvalue weighted by Crippen LogP contribution is -2.38. The first kappa shape index (κ1) is 21.7. The van der Waals surface area contributed by atoms with E-state index in [-0.39, 0.29) is 0 Å². The number of nitrogens with one attached hydrogen (secondary N) is 2. The Morgan fingerprint density at radius 3 is 2.38 bits per heavy atom. The number of benzene rings is 2. The van der Waals surface area contributed by atoms with Crippen LogP contribution in [-0.4, -0.2) is 45.4 Å². The Balaban J connectivity index is 1.76. The molecule has 2 aromatic carbocycles. The van der Waals surface area contributed by atoms with E-state index in [0.29, 0.717) is 31.1 Å². The summed E-state index contributed by atoms with van der Waals surface area (Å²) in [5, 5.41) is 6.34. The van der Waals surface area contributed by atoms with E-state index in [0.717, 1.165) is 16.9 Å². The van der Waals surface area contributed by atoms with Gasteiger partial charge in [-0.25, -0.2) is 5.43 Å². The Bertz CT molecular complexity index is 850. The van der Waals surface area contributed by atoms with Gasteiger partial charge in [0.15, 0.2) is 11.5 Å².